The molecule has 0 aliphatic heterocycles. The van der Waals surface area contributed by atoms with Gasteiger partial charge in [0.15, 0.2) is 0 Å². The largest absolute Gasteiger partial charge is 0.396 e. The lowest BCUT2D eigenvalue weighted by Gasteiger charge is -2.14. The van der Waals surface area contributed by atoms with Gasteiger partial charge in [-0.1, -0.05) is 0 Å². The van der Waals surface area contributed by atoms with Crippen molar-refractivity contribution in [1.82, 2.24) is 4.90 Å². The minimum Gasteiger partial charge on any atom is -0.396 e. The molecular formula is C10H20N2O. The van der Waals surface area contributed by atoms with Crippen LogP contribution in [0.4, 0.5) is 0 Å². The number of nitrogens with zero attached hydrogens (tertiary/aromatic N) is 2. The zero-order chi connectivity index (χ0) is 9.94. The van der Waals surface area contributed by atoms with Crippen LogP contribution < -0.4 is 0 Å². The Bertz CT molecular complexity index is 142. The van der Waals surface area contributed by atoms with Gasteiger partial charge in [0.1, 0.15) is 0 Å². The summed E-state index contributed by atoms with van der Waals surface area (Å²) in [6, 6.07) is 2.14. The Labute approximate surface area is 81.0 Å². The second kappa shape index (κ2) is 9.50. The van der Waals surface area contributed by atoms with Gasteiger partial charge in [0.2, 0.25) is 0 Å². The van der Waals surface area contributed by atoms with Crippen LogP contribution in [0.5, 0.6) is 0 Å². The molecule has 3 heteroatoms. The van der Waals surface area contributed by atoms with Gasteiger partial charge in [-0.2, -0.15) is 5.26 Å². The maximum Gasteiger partial charge on any atom is 0.0622 e. The van der Waals surface area contributed by atoms with E-state index in [1.807, 2.05) is 0 Å². The highest BCUT2D eigenvalue weighted by Gasteiger charge is 1.96. The van der Waals surface area contributed by atoms with Gasteiger partial charge in [-0.05, 0) is 45.8 Å². The molecule has 0 heterocycles. The molecule has 0 aromatic carbocycles. The summed E-state index contributed by atoms with van der Waals surface area (Å²) in [7, 11) is 2.08. The molecule has 1 N–H and O–H groups in total. The van der Waals surface area contributed by atoms with Gasteiger partial charge in [-0.25, -0.2) is 0 Å². The fourth-order valence-electron chi connectivity index (χ4n) is 1.21. The molecule has 0 saturated heterocycles. The number of aliphatic hydroxyl groups excluding tert-OH is 1. The van der Waals surface area contributed by atoms with Crippen LogP contribution in [-0.2, 0) is 0 Å². The predicted octanol–water partition coefficient (Wildman–Crippen LogP) is 1.38. The molecule has 0 amide bonds. The third kappa shape index (κ3) is 9.32. The molecule has 0 bridgehead atoms. The molecule has 0 aliphatic rings. The van der Waals surface area contributed by atoms with Crippen molar-refractivity contribution in [2.75, 3.05) is 26.7 Å². The second-order valence-electron chi connectivity index (χ2n) is 3.35. The van der Waals surface area contributed by atoms with Gasteiger partial charge >= 0.3 is 0 Å². The van der Waals surface area contributed by atoms with Crippen molar-refractivity contribution < 1.29 is 5.11 Å². The maximum atomic E-state index is 8.56. The van der Waals surface area contributed by atoms with E-state index in [1.54, 1.807) is 0 Å². The van der Waals surface area contributed by atoms with Crippen molar-refractivity contribution in [3.8, 4) is 6.07 Å². The number of hydrogen-bond acceptors (Lipinski definition) is 3. The van der Waals surface area contributed by atoms with Crippen molar-refractivity contribution in [3.63, 3.8) is 0 Å². The lowest BCUT2D eigenvalue weighted by atomic mass is 10.2. The normalized spacial score (nSPS) is 10.3. The molecule has 0 aromatic rings. The van der Waals surface area contributed by atoms with Gasteiger partial charge in [-0.3, -0.25) is 0 Å². The molecular weight excluding hydrogens is 164 g/mol. The third-order valence-corrected chi connectivity index (χ3v) is 2.03. The van der Waals surface area contributed by atoms with Crippen LogP contribution in [-0.4, -0.2) is 36.8 Å². The van der Waals surface area contributed by atoms with E-state index >= 15 is 0 Å². The standard InChI is InChI=1S/C10H20N2O/c1-12(9-5-3-7-11)8-4-2-6-10-13/h13H,2-6,8-10H2,1H3. The Balaban J connectivity index is 3.11. The maximum absolute atomic E-state index is 8.56. The first-order valence-electron chi connectivity index (χ1n) is 4.97. The van der Waals surface area contributed by atoms with Gasteiger partial charge in [0, 0.05) is 13.0 Å². The van der Waals surface area contributed by atoms with Crippen LogP contribution in [0.1, 0.15) is 32.1 Å². The number of hydrogen-bond donors (Lipinski definition) is 1. The summed E-state index contributed by atoms with van der Waals surface area (Å²) < 4.78 is 0. The average Bonchev–Trinajstić information content (AvgIpc) is 2.13. The first-order chi connectivity index (χ1) is 6.31. The van der Waals surface area contributed by atoms with Crippen LogP contribution >= 0.6 is 0 Å². The second-order valence-corrected chi connectivity index (χ2v) is 3.35. The summed E-state index contributed by atoms with van der Waals surface area (Å²) in [6.45, 7) is 2.39. The fraction of sp³-hybridized carbons (Fsp3) is 0.900. The van der Waals surface area contributed by atoms with E-state index in [4.69, 9.17) is 10.4 Å². The first kappa shape index (κ1) is 12.4. The average molecular weight is 184 g/mol. The molecule has 76 valence electrons. The quantitative estimate of drug-likeness (QED) is 0.580. The number of aliphatic hydroxyl groups is 1. The van der Waals surface area contributed by atoms with Gasteiger partial charge in [0.05, 0.1) is 6.07 Å². The van der Waals surface area contributed by atoms with Crippen molar-refractivity contribution in [2.24, 2.45) is 0 Å². The van der Waals surface area contributed by atoms with E-state index in [1.165, 1.54) is 0 Å². The summed E-state index contributed by atoms with van der Waals surface area (Å²) in [4.78, 5) is 2.24. The topological polar surface area (TPSA) is 47.3 Å². The Morgan fingerprint density at radius 1 is 1.15 bits per heavy atom. The molecule has 0 radical (unpaired) electrons. The minimum atomic E-state index is 0.304. The zero-order valence-corrected chi connectivity index (χ0v) is 8.50. The fourth-order valence-corrected chi connectivity index (χ4v) is 1.21. The van der Waals surface area contributed by atoms with Crippen LogP contribution in [0, 0.1) is 11.3 Å². The molecule has 0 fully saturated rings. The van der Waals surface area contributed by atoms with Gasteiger partial charge in [-0.15, -0.1) is 0 Å². The molecule has 0 aromatic heterocycles. The summed E-state index contributed by atoms with van der Waals surface area (Å²) in [6.07, 6.45) is 4.77. The van der Waals surface area contributed by atoms with E-state index < -0.39 is 0 Å². The van der Waals surface area contributed by atoms with E-state index in [9.17, 15) is 0 Å². The molecule has 3 nitrogen and oxygen atoms in total. The van der Waals surface area contributed by atoms with E-state index in [0.717, 1.165) is 38.8 Å². The summed E-state index contributed by atoms with van der Waals surface area (Å²) in [5.41, 5.74) is 0. The van der Waals surface area contributed by atoms with E-state index in [-0.39, 0.29) is 0 Å². The Morgan fingerprint density at radius 2 is 1.85 bits per heavy atom. The SMILES string of the molecule is CN(CCCC#N)CCCCCO. The summed E-state index contributed by atoms with van der Waals surface area (Å²) in [5, 5.41) is 16.9. The molecule has 0 saturated carbocycles. The number of unbranched alkanes of at least 4 members (excludes halogenated alkanes) is 3. The predicted molar refractivity (Wildman–Crippen MR) is 53.3 cm³/mol. The van der Waals surface area contributed by atoms with Crippen molar-refractivity contribution in [3.05, 3.63) is 0 Å². The van der Waals surface area contributed by atoms with Crippen molar-refractivity contribution in [1.29, 1.82) is 5.26 Å². The van der Waals surface area contributed by atoms with Crippen LogP contribution in [0.3, 0.4) is 0 Å². The molecule has 0 spiro atoms. The highest BCUT2D eigenvalue weighted by atomic mass is 16.2. The highest BCUT2D eigenvalue weighted by molar-refractivity contribution is 4.69. The van der Waals surface area contributed by atoms with E-state index in [2.05, 4.69) is 18.0 Å². The lowest BCUT2D eigenvalue weighted by molar-refractivity contribution is 0.272. The third-order valence-electron chi connectivity index (χ3n) is 2.03. The van der Waals surface area contributed by atoms with Crippen molar-refractivity contribution >= 4 is 0 Å². The monoisotopic (exact) mass is 184 g/mol. The van der Waals surface area contributed by atoms with Crippen LogP contribution in [0.15, 0.2) is 0 Å². The molecule has 0 rings (SSSR count). The Hall–Kier alpha value is -0.590. The molecule has 0 atom stereocenters. The zero-order valence-electron chi connectivity index (χ0n) is 8.50. The van der Waals surface area contributed by atoms with Gasteiger partial charge < -0.3 is 10.0 Å². The lowest BCUT2D eigenvalue weighted by Crippen LogP contribution is -2.20. The highest BCUT2D eigenvalue weighted by Crippen LogP contribution is 1.98. The Kier molecular flexibility index (Phi) is 9.07. The molecule has 0 aliphatic carbocycles. The number of nitriles is 1. The minimum absolute atomic E-state index is 0.304. The smallest absolute Gasteiger partial charge is 0.0622 e. The molecule has 13 heavy (non-hydrogen) atoms. The van der Waals surface area contributed by atoms with Crippen LogP contribution in [0.25, 0.3) is 0 Å². The van der Waals surface area contributed by atoms with E-state index in [0.29, 0.717) is 13.0 Å². The summed E-state index contributed by atoms with van der Waals surface area (Å²) in [5.74, 6) is 0. The molecule has 0 unspecified atom stereocenters. The van der Waals surface area contributed by atoms with Gasteiger partial charge in [0.25, 0.3) is 0 Å². The van der Waals surface area contributed by atoms with Crippen molar-refractivity contribution in [2.45, 2.75) is 32.1 Å². The van der Waals surface area contributed by atoms with Crippen LogP contribution in [0.2, 0.25) is 0 Å². The summed E-state index contributed by atoms with van der Waals surface area (Å²) >= 11 is 0. The first-order valence-corrected chi connectivity index (χ1v) is 4.97. The Morgan fingerprint density at radius 3 is 2.46 bits per heavy atom. The number of rotatable bonds is 8.